The molecule has 0 saturated carbocycles. The van der Waals surface area contributed by atoms with Crippen LogP contribution in [-0.2, 0) is 21.2 Å². The Kier molecular flexibility index (Phi) is 5.59. The van der Waals surface area contributed by atoms with Gasteiger partial charge in [0.1, 0.15) is 0 Å². The van der Waals surface area contributed by atoms with Gasteiger partial charge in [0, 0.05) is 38.3 Å². The Bertz CT molecular complexity index is 1030. The highest BCUT2D eigenvalue weighted by molar-refractivity contribution is 7.91. The van der Waals surface area contributed by atoms with Crippen LogP contribution in [0.3, 0.4) is 0 Å². The third-order valence-electron chi connectivity index (χ3n) is 4.73. The van der Waals surface area contributed by atoms with Gasteiger partial charge in [0.05, 0.1) is 11.0 Å². The van der Waals surface area contributed by atoms with Gasteiger partial charge in [-0.05, 0) is 12.0 Å². The van der Waals surface area contributed by atoms with Crippen molar-refractivity contribution >= 4 is 15.7 Å². The van der Waals surface area contributed by atoms with Crippen LogP contribution in [0, 0.1) is 0 Å². The number of aryl methyl sites for hydroxylation is 1. The molecule has 1 unspecified atom stereocenters. The van der Waals surface area contributed by atoms with Crippen molar-refractivity contribution < 1.29 is 13.2 Å². The van der Waals surface area contributed by atoms with Crippen molar-refractivity contribution in [3.63, 3.8) is 0 Å². The number of sulfone groups is 1. The summed E-state index contributed by atoms with van der Waals surface area (Å²) in [5.41, 5.74) is -0.322. The molecule has 1 saturated heterocycles. The van der Waals surface area contributed by atoms with E-state index in [2.05, 4.69) is 4.98 Å². The molecule has 2 heterocycles. The molecule has 0 spiro atoms. The second-order valence-corrected chi connectivity index (χ2v) is 8.79. The van der Waals surface area contributed by atoms with Crippen LogP contribution in [0.5, 0.6) is 0 Å². The van der Waals surface area contributed by atoms with Crippen molar-refractivity contribution in [2.45, 2.75) is 24.6 Å². The van der Waals surface area contributed by atoms with Crippen LogP contribution < -0.4 is 11.2 Å². The maximum Gasteiger partial charge on any atom is 0.328 e. The smallest absolute Gasteiger partial charge is 0.328 e. The minimum absolute atomic E-state index is 0.0575. The lowest BCUT2D eigenvalue weighted by Gasteiger charge is -2.20. The minimum atomic E-state index is -3.35. The molecule has 3 rings (SSSR count). The van der Waals surface area contributed by atoms with Gasteiger partial charge in [0.25, 0.3) is 5.56 Å². The standard InChI is InChI=1S/C18H21N3O5S/c22-16-7-10-21(18(24)19-16)11-8-17(23)20-9-6-15(27(25,26)13-12-20)14-4-2-1-3-5-14/h1-5,7,10,15H,6,8-9,11-13H2,(H,19,22,24). The number of benzene rings is 1. The number of H-pyrrole nitrogens is 1. The van der Waals surface area contributed by atoms with Gasteiger partial charge in [-0.25, -0.2) is 13.2 Å². The lowest BCUT2D eigenvalue weighted by molar-refractivity contribution is -0.131. The molecule has 1 N–H and O–H groups in total. The van der Waals surface area contributed by atoms with E-state index in [1.54, 1.807) is 24.3 Å². The Morgan fingerprint density at radius 3 is 2.56 bits per heavy atom. The first-order valence-electron chi connectivity index (χ1n) is 8.71. The maximum atomic E-state index is 12.6. The zero-order valence-corrected chi connectivity index (χ0v) is 15.5. The summed E-state index contributed by atoms with van der Waals surface area (Å²) in [4.78, 5) is 38.9. The SMILES string of the molecule is O=C(CCn1ccc(=O)[nH]c1=O)N1CCC(c2ccccc2)S(=O)(=O)CC1. The van der Waals surface area contributed by atoms with Crippen LogP contribution >= 0.6 is 0 Å². The van der Waals surface area contributed by atoms with E-state index < -0.39 is 26.3 Å². The summed E-state index contributed by atoms with van der Waals surface area (Å²) >= 11 is 0. The molecule has 144 valence electrons. The second kappa shape index (κ2) is 7.91. The van der Waals surface area contributed by atoms with E-state index in [1.165, 1.54) is 21.7 Å². The van der Waals surface area contributed by atoms with Crippen molar-refractivity contribution in [3.8, 4) is 0 Å². The number of hydrogen-bond acceptors (Lipinski definition) is 5. The molecular weight excluding hydrogens is 370 g/mol. The molecule has 1 aliphatic rings. The Morgan fingerprint density at radius 2 is 1.85 bits per heavy atom. The topological polar surface area (TPSA) is 109 Å². The van der Waals surface area contributed by atoms with Gasteiger partial charge < -0.3 is 9.47 Å². The van der Waals surface area contributed by atoms with Gasteiger partial charge in [-0.2, -0.15) is 0 Å². The molecule has 1 aromatic heterocycles. The minimum Gasteiger partial charge on any atom is -0.342 e. The highest BCUT2D eigenvalue weighted by Gasteiger charge is 2.32. The largest absolute Gasteiger partial charge is 0.342 e. The molecule has 1 amide bonds. The molecule has 2 aromatic rings. The summed E-state index contributed by atoms with van der Waals surface area (Å²) in [5.74, 6) is -0.298. The normalized spacial score (nSPS) is 19.4. The average molecular weight is 391 g/mol. The quantitative estimate of drug-likeness (QED) is 0.807. The fourth-order valence-electron chi connectivity index (χ4n) is 3.23. The van der Waals surface area contributed by atoms with Crippen LogP contribution in [0.2, 0.25) is 0 Å². The van der Waals surface area contributed by atoms with E-state index in [-0.39, 0.29) is 31.2 Å². The van der Waals surface area contributed by atoms with Gasteiger partial charge >= 0.3 is 5.69 Å². The van der Waals surface area contributed by atoms with Gasteiger partial charge in [0.15, 0.2) is 9.84 Å². The fraction of sp³-hybridized carbons (Fsp3) is 0.389. The van der Waals surface area contributed by atoms with Crippen molar-refractivity contribution in [1.82, 2.24) is 14.5 Å². The van der Waals surface area contributed by atoms with E-state index >= 15 is 0 Å². The van der Waals surface area contributed by atoms with Crippen LogP contribution in [0.4, 0.5) is 0 Å². The number of carbonyl (C=O) groups is 1. The molecule has 1 aromatic carbocycles. The zero-order valence-electron chi connectivity index (χ0n) is 14.7. The molecule has 0 aliphatic carbocycles. The molecular formula is C18H21N3O5S. The Labute approximate surface area is 156 Å². The number of amides is 1. The molecule has 1 fully saturated rings. The van der Waals surface area contributed by atoms with E-state index in [9.17, 15) is 22.8 Å². The molecule has 8 nitrogen and oxygen atoms in total. The first kappa shape index (κ1) is 19.1. The number of hydrogen-bond donors (Lipinski definition) is 1. The summed E-state index contributed by atoms with van der Waals surface area (Å²) < 4.78 is 26.5. The number of nitrogens with zero attached hydrogens (tertiary/aromatic N) is 2. The van der Waals surface area contributed by atoms with Gasteiger partial charge in [-0.1, -0.05) is 30.3 Å². The predicted molar refractivity (Wildman–Crippen MR) is 100 cm³/mol. The Balaban J connectivity index is 1.67. The van der Waals surface area contributed by atoms with Crippen LogP contribution in [0.15, 0.2) is 52.2 Å². The molecule has 0 bridgehead atoms. The number of rotatable bonds is 4. The average Bonchev–Trinajstić information content (AvgIpc) is 2.79. The fourth-order valence-corrected chi connectivity index (χ4v) is 5.03. The lowest BCUT2D eigenvalue weighted by Crippen LogP contribution is -2.35. The van der Waals surface area contributed by atoms with Crippen LogP contribution in [-0.4, -0.2) is 47.6 Å². The lowest BCUT2D eigenvalue weighted by atomic mass is 10.1. The van der Waals surface area contributed by atoms with E-state index in [4.69, 9.17) is 0 Å². The highest BCUT2D eigenvalue weighted by atomic mass is 32.2. The van der Waals surface area contributed by atoms with Crippen molar-refractivity contribution in [3.05, 3.63) is 69.0 Å². The summed E-state index contributed by atoms with van der Waals surface area (Å²) in [6.07, 6.45) is 1.74. The van der Waals surface area contributed by atoms with Crippen molar-refractivity contribution in [1.29, 1.82) is 0 Å². The third-order valence-corrected chi connectivity index (χ3v) is 6.85. The summed E-state index contributed by atoms with van der Waals surface area (Å²) in [6.45, 7) is 0.614. The first-order valence-corrected chi connectivity index (χ1v) is 10.4. The van der Waals surface area contributed by atoms with Gasteiger partial charge in [0.2, 0.25) is 5.91 Å². The summed E-state index contributed by atoms with van der Waals surface area (Å²) in [7, 11) is -3.35. The van der Waals surface area contributed by atoms with E-state index in [1.807, 2.05) is 6.07 Å². The summed E-state index contributed by atoms with van der Waals surface area (Å²) in [5, 5.41) is -0.613. The van der Waals surface area contributed by atoms with Gasteiger partial charge in [-0.15, -0.1) is 0 Å². The maximum absolute atomic E-state index is 12.6. The monoisotopic (exact) mass is 391 g/mol. The highest BCUT2D eigenvalue weighted by Crippen LogP contribution is 2.29. The van der Waals surface area contributed by atoms with Crippen LogP contribution in [0.1, 0.15) is 23.7 Å². The summed E-state index contributed by atoms with van der Waals surface area (Å²) in [6, 6.07) is 10.3. The number of aromatic nitrogens is 2. The Morgan fingerprint density at radius 1 is 1.11 bits per heavy atom. The second-order valence-electron chi connectivity index (χ2n) is 6.49. The van der Waals surface area contributed by atoms with Crippen LogP contribution in [0.25, 0.3) is 0 Å². The molecule has 0 radical (unpaired) electrons. The Hall–Kier alpha value is -2.68. The van der Waals surface area contributed by atoms with E-state index in [0.717, 1.165) is 5.56 Å². The molecule has 9 heteroatoms. The number of aromatic amines is 1. The zero-order chi connectivity index (χ0) is 19.4. The predicted octanol–water partition coefficient (Wildman–Crippen LogP) is 0.315. The first-order chi connectivity index (χ1) is 12.9. The number of carbonyl (C=O) groups excluding carboxylic acids is 1. The van der Waals surface area contributed by atoms with Gasteiger partial charge in [-0.3, -0.25) is 14.6 Å². The van der Waals surface area contributed by atoms with Crippen molar-refractivity contribution in [2.75, 3.05) is 18.8 Å². The third kappa shape index (κ3) is 4.54. The van der Waals surface area contributed by atoms with E-state index in [0.29, 0.717) is 13.0 Å². The van der Waals surface area contributed by atoms with Crippen molar-refractivity contribution in [2.24, 2.45) is 0 Å². The number of nitrogens with one attached hydrogen (secondary N) is 1. The molecule has 27 heavy (non-hydrogen) atoms. The molecule has 1 aliphatic heterocycles. The molecule has 1 atom stereocenters.